The molecule has 0 saturated carbocycles. The van der Waals surface area contributed by atoms with Crippen LogP contribution < -0.4 is 9.64 Å². The fourth-order valence-corrected chi connectivity index (χ4v) is 4.68. The molecule has 0 atom stereocenters. The number of aromatic nitrogens is 2. The van der Waals surface area contributed by atoms with Crippen molar-refractivity contribution in [3.8, 4) is 6.01 Å². The van der Waals surface area contributed by atoms with Crippen LogP contribution in [0.15, 0.2) is 55.1 Å². The molecule has 1 amide bonds. The minimum atomic E-state index is -0.0172. The number of benzene rings is 2. The number of fused-ring (bicyclic) bond motifs is 2. The van der Waals surface area contributed by atoms with Crippen molar-refractivity contribution in [3.63, 3.8) is 0 Å². The molecular formula is C25H27N5O2. The Kier molecular flexibility index (Phi) is 5.49. The zero-order valence-electron chi connectivity index (χ0n) is 18.3. The van der Waals surface area contributed by atoms with Gasteiger partial charge < -0.3 is 14.5 Å². The molecule has 0 aliphatic carbocycles. The normalized spacial score (nSPS) is 16.3. The molecule has 1 aromatic heterocycles. The van der Waals surface area contributed by atoms with Crippen LogP contribution in [0.1, 0.15) is 16.8 Å². The standard InChI is InChI=1S/C25H27N5O2/c1-3-23(31)29-11-13-30(14-12-29)24-21-16-28(17-22(21)26-25(27-24)32-2)15-19-9-6-8-18-7-4-5-10-20(18)19/h3-10H,1,11-17H2,2H3. The lowest BCUT2D eigenvalue weighted by Gasteiger charge is -2.35. The van der Waals surface area contributed by atoms with E-state index in [0.717, 1.165) is 49.8 Å². The highest BCUT2D eigenvalue weighted by atomic mass is 16.5. The Morgan fingerprint density at radius 2 is 1.84 bits per heavy atom. The summed E-state index contributed by atoms with van der Waals surface area (Å²) in [6, 6.07) is 15.4. The van der Waals surface area contributed by atoms with Crippen molar-refractivity contribution < 1.29 is 9.53 Å². The van der Waals surface area contributed by atoms with Crippen LogP contribution in [0.25, 0.3) is 10.8 Å². The maximum absolute atomic E-state index is 11.9. The topological polar surface area (TPSA) is 61.8 Å². The lowest BCUT2D eigenvalue weighted by molar-refractivity contribution is -0.126. The molecular weight excluding hydrogens is 402 g/mol. The predicted molar refractivity (Wildman–Crippen MR) is 124 cm³/mol. The number of piperazine rings is 1. The van der Waals surface area contributed by atoms with Gasteiger partial charge in [0.1, 0.15) is 5.82 Å². The molecule has 0 spiro atoms. The van der Waals surface area contributed by atoms with Crippen molar-refractivity contribution in [1.82, 2.24) is 19.8 Å². The van der Waals surface area contributed by atoms with Crippen LogP contribution in [0, 0.1) is 0 Å². The van der Waals surface area contributed by atoms with E-state index in [-0.39, 0.29) is 5.91 Å². The van der Waals surface area contributed by atoms with Crippen LogP contribution in [0.4, 0.5) is 5.82 Å². The van der Waals surface area contributed by atoms with E-state index in [1.165, 1.54) is 22.4 Å². The van der Waals surface area contributed by atoms with Crippen LogP contribution in [-0.4, -0.2) is 59.0 Å². The summed E-state index contributed by atoms with van der Waals surface area (Å²) in [6.07, 6.45) is 1.38. The Labute approximate surface area is 187 Å². The smallest absolute Gasteiger partial charge is 0.318 e. The fourth-order valence-electron chi connectivity index (χ4n) is 4.68. The van der Waals surface area contributed by atoms with Crippen LogP contribution in [0.2, 0.25) is 0 Å². The van der Waals surface area contributed by atoms with Gasteiger partial charge in [0.05, 0.1) is 12.8 Å². The minimum absolute atomic E-state index is 0.0172. The van der Waals surface area contributed by atoms with Crippen LogP contribution >= 0.6 is 0 Å². The zero-order valence-corrected chi connectivity index (χ0v) is 18.3. The Balaban J connectivity index is 1.38. The van der Waals surface area contributed by atoms with Crippen molar-refractivity contribution in [1.29, 1.82) is 0 Å². The molecule has 32 heavy (non-hydrogen) atoms. The summed E-state index contributed by atoms with van der Waals surface area (Å²) in [7, 11) is 1.61. The number of amides is 1. The number of rotatable bonds is 5. The monoisotopic (exact) mass is 429 g/mol. The first-order valence-corrected chi connectivity index (χ1v) is 11.0. The van der Waals surface area contributed by atoms with E-state index in [0.29, 0.717) is 19.1 Å². The first kappa shape index (κ1) is 20.5. The fraction of sp³-hybridized carbons (Fsp3) is 0.320. The first-order valence-electron chi connectivity index (χ1n) is 11.0. The van der Waals surface area contributed by atoms with Crippen molar-refractivity contribution in [2.24, 2.45) is 0 Å². The Hall–Kier alpha value is -3.45. The molecule has 2 aliphatic heterocycles. The van der Waals surface area contributed by atoms with Crippen molar-refractivity contribution in [3.05, 3.63) is 71.9 Å². The van der Waals surface area contributed by atoms with Gasteiger partial charge in [-0.15, -0.1) is 0 Å². The van der Waals surface area contributed by atoms with Crippen molar-refractivity contribution >= 4 is 22.5 Å². The average Bonchev–Trinajstić information content (AvgIpc) is 3.25. The van der Waals surface area contributed by atoms with Gasteiger partial charge >= 0.3 is 6.01 Å². The molecule has 5 rings (SSSR count). The highest BCUT2D eigenvalue weighted by Crippen LogP contribution is 2.33. The first-order chi connectivity index (χ1) is 15.7. The summed E-state index contributed by atoms with van der Waals surface area (Å²) >= 11 is 0. The molecule has 0 N–H and O–H groups in total. The molecule has 7 nitrogen and oxygen atoms in total. The molecule has 3 heterocycles. The lowest BCUT2D eigenvalue weighted by atomic mass is 10.0. The van der Waals surface area contributed by atoms with E-state index in [1.807, 2.05) is 4.90 Å². The highest BCUT2D eigenvalue weighted by Gasteiger charge is 2.30. The third kappa shape index (κ3) is 3.80. The van der Waals surface area contributed by atoms with E-state index in [4.69, 9.17) is 9.72 Å². The number of nitrogens with zero attached hydrogens (tertiary/aromatic N) is 5. The number of methoxy groups -OCH3 is 1. The van der Waals surface area contributed by atoms with Crippen LogP contribution in [0.5, 0.6) is 6.01 Å². The van der Waals surface area contributed by atoms with Gasteiger partial charge in [-0.05, 0) is 22.4 Å². The molecule has 0 radical (unpaired) electrons. The molecule has 3 aromatic rings. The maximum atomic E-state index is 11.9. The number of carbonyl (C=O) groups excluding carboxylic acids is 1. The van der Waals surface area contributed by atoms with E-state index < -0.39 is 0 Å². The number of carbonyl (C=O) groups is 1. The largest absolute Gasteiger partial charge is 0.467 e. The van der Waals surface area contributed by atoms with Crippen LogP contribution in [0.3, 0.4) is 0 Å². The van der Waals surface area contributed by atoms with Gasteiger partial charge in [0.2, 0.25) is 5.91 Å². The van der Waals surface area contributed by atoms with Crippen LogP contribution in [-0.2, 0) is 24.4 Å². The summed E-state index contributed by atoms with van der Waals surface area (Å²) in [4.78, 5) is 27.8. The van der Waals surface area contributed by atoms with Gasteiger partial charge in [-0.3, -0.25) is 9.69 Å². The number of hydrogen-bond donors (Lipinski definition) is 0. The Morgan fingerprint density at radius 1 is 1.06 bits per heavy atom. The van der Waals surface area contributed by atoms with Gasteiger partial charge in [-0.25, -0.2) is 0 Å². The molecule has 164 valence electrons. The maximum Gasteiger partial charge on any atom is 0.318 e. The van der Waals surface area contributed by atoms with E-state index in [2.05, 4.69) is 63.8 Å². The average molecular weight is 430 g/mol. The van der Waals surface area contributed by atoms with E-state index in [9.17, 15) is 4.79 Å². The zero-order chi connectivity index (χ0) is 22.1. The summed E-state index contributed by atoms with van der Waals surface area (Å²) in [5, 5.41) is 2.55. The number of anilines is 1. The Morgan fingerprint density at radius 3 is 2.62 bits per heavy atom. The molecule has 2 aromatic carbocycles. The molecule has 1 fully saturated rings. The summed E-state index contributed by atoms with van der Waals surface area (Å²) in [6.45, 7) is 8.78. The molecule has 0 unspecified atom stereocenters. The van der Waals surface area contributed by atoms with Gasteiger partial charge in [0.25, 0.3) is 0 Å². The number of hydrogen-bond acceptors (Lipinski definition) is 6. The van der Waals surface area contributed by atoms with Gasteiger partial charge in [0, 0.05) is 51.4 Å². The predicted octanol–water partition coefficient (Wildman–Crippen LogP) is 2.99. The second-order valence-corrected chi connectivity index (χ2v) is 8.26. The summed E-state index contributed by atoms with van der Waals surface area (Å²) < 4.78 is 5.41. The van der Waals surface area contributed by atoms with Gasteiger partial charge in [-0.2, -0.15) is 9.97 Å². The SMILES string of the molecule is C=CC(=O)N1CCN(c2nc(OC)nc3c2CN(Cc2cccc4ccccc24)C3)CC1. The second-order valence-electron chi connectivity index (χ2n) is 8.26. The molecule has 1 saturated heterocycles. The Bertz CT molecular complexity index is 1160. The second kappa shape index (κ2) is 8.59. The van der Waals surface area contributed by atoms with Crippen molar-refractivity contribution in [2.45, 2.75) is 19.6 Å². The molecule has 0 bridgehead atoms. The summed E-state index contributed by atoms with van der Waals surface area (Å²) in [5.74, 6) is 0.911. The third-order valence-electron chi connectivity index (χ3n) is 6.33. The lowest BCUT2D eigenvalue weighted by Crippen LogP contribution is -2.48. The summed E-state index contributed by atoms with van der Waals surface area (Å²) in [5.41, 5.74) is 3.50. The van der Waals surface area contributed by atoms with Gasteiger partial charge in [0.15, 0.2) is 0 Å². The molecule has 2 aliphatic rings. The number of ether oxygens (including phenoxy) is 1. The van der Waals surface area contributed by atoms with E-state index in [1.54, 1.807) is 7.11 Å². The quantitative estimate of drug-likeness (QED) is 0.581. The molecule has 7 heteroatoms. The highest BCUT2D eigenvalue weighted by molar-refractivity contribution is 5.87. The van der Waals surface area contributed by atoms with Gasteiger partial charge in [-0.1, -0.05) is 49.0 Å². The third-order valence-corrected chi connectivity index (χ3v) is 6.33. The minimum Gasteiger partial charge on any atom is -0.467 e. The van der Waals surface area contributed by atoms with Crippen molar-refractivity contribution in [2.75, 3.05) is 38.2 Å². The van der Waals surface area contributed by atoms with E-state index >= 15 is 0 Å².